The highest BCUT2D eigenvalue weighted by Crippen LogP contribution is 2.26. The van der Waals surface area contributed by atoms with Crippen molar-refractivity contribution in [2.75, 3.05) is 5.32 Å². The lowest BCUT2D eigenvalue weighted by molar-refractivity contribution is -0.121. The van der Waals surface area contributed by atoms with Crippen molar-refractivity contribution in [3.63, 3.8) is 0 Å². The molecule has 0 unspecified atom stereocenters. The van der Waals surface area contributed by atoms with Crippen molar-refractivity contribution in [3.05, 3.63) is 75.7 Å². The van der Waals surface area contributed by atoms with Crippen molar-refractivity contribution in [1.82, 2.24) is 25.7 Å². The van der Waals surface area contributed by atoms with Gasteiger partial charge in [-0.2, -0.15) is 0 Å². The summed E-state index contributed by atoms with van der Waals surface area (Å²) in [5, 5.41) is 23.6. The second kappa shape index (κ2) is 10.2. The second-order valence-corrected chi connectivity index (χ2v) is 9.04. The number of aromatic nitrogens is 4. The minimum Gasteiger partial charge on any atom is -0.352 e. The van der Waals surface area contributed by atoms with E-state index in [9.17, 15) is 9.59 Å². The minimum absolute atomic E-state index is 0.0749. The monoisotopic (exact) mass is 464 g/mol. The summed E-state index contributed by atoms with van der Waals surface area (Å²) in [6, 6.07) is 17.6. The lowest BCUT2D eigenvalue weighted by atomic mass is 10.1. The fraction of sp³-hybridized carbons (Fsp3) is 0.182. The SMILES string of the molecule is Cc1ccc(CNC(=O)CCc2nnc(C(=O)Nc3nnc(-c4ccccc4)s3)s2)cc1. The maximum absolute atomic E-state index is 12.5. The van der Waals surface area contributed by atoms with Gasteiger partial charge in [-0.1, -0.05) is 82.8 Å². The lowest BCUT2D eigenvalue weighted by Crippen LogP contribution is -2.22. The fourth-order valence-corrected chi connectivity index (χ4v) is 4.26. The van der Waals surface area contributed by atoms with Gasteiger partial charge in [0.15, 0.2) is 0 Å². The number of amides is 2. The van der Waals surface area contributed by atoms with E-state index in [2.05, 4.69) is 31.0 Å². The van der Waals surface area contributed by atoms with E-state index in [1.165, 1.54) is 16.9 Å². The van der Waals surface area contributed by atoms with Crippen LogP contribution in [0, 0.1) is 6.92 Å². The Bertz CT molecular complexity index is 1200. The predicted octanol–water partition coefficient (Wildman–Crippen LogP) is 3.87. The van der Waals surface area contributed by atoms with E-state index in [-0.39, 0.29) is 17.3 Å². The molecule has 2 aromatic carbocycles. The molecule has 2 heterocycles. The molecule has 2 amide bonds. The molecular weight excluding hydrogens is 444 g/mol. The van der Waals surface area contributed by atoms with Crippen LogP contribution in [-0.2, 0) is 17.8 Å². The largest absolute Gasteiger partial charge is 0.352 e. The zero-order valence-electron chi connectivity index (χ0n) is 17.2. The van der Waals surface area contributed by atoms with Gasteiger partial charge in [0, 0.05) is 24.9 Å². The third-order valence-corrected chi connectivity index (χ3v) is 6.37. The molecule has 2 N–H and O–H groups in total. The second-order valence-electron chi connectivity index (χ2n) is 7.00. The van der Waals surface area contributed by atoms with E-state index in [4.69, 9.17) is 0 Å². The van der Waals surface area contributed by atoms with Crippen LogP contribution < -0.4 is 10.6 Å². The smallest absolute Gasteiger partial charge is 0.288 e. The summed E-state index contributed by atoms with van der Waals surface area (Å²) >= 11 is 2.45. The van der Waals surface area contributed by atoms with Gasteiger partial charge >= 0.3 is 0 Å². The molecule has 2 aromatic heterocycles. The lowest BCUT2D eigenvalue weighted by Gasteiger charge is -2.04. The third-order valence-electron chi connectivity index (χ3n) is 4.50. The first-order chi connectivity index (χ1) is 15.6. The Morgan fingerprint density at radius 2 is 1.69 bits per heavy atom. The number of hydrogen-bond acceptors (Lipinski definition) is 8. The summed E-state index contributed by atoms with van der Waals surface area (Å²) in [5.41, 5.74) is 3.16. The number of aryl methyl sites for hydroxylation is 2. The predicted molar refractivity (Wildman–Crippen MR) is 125 cm³/mol. The topological polar surface area (TPSA) is 110 Å². The zero-order chi connectivity index (χ0) is 22.3. The van der Waals surface area contributed by atoms with Gasteiger partial charge in [-0.15, -0.1) is 20.4 Å². The van der Waals surface area contributed by atoms with Crippen LogP contribution in [0.15, 0.2) is 54.6 Å². The van der Waals surface area contributed by atoms with E-state index >= 15 is 0 Å². The van der Waals surface area contributed by atoms with E-state index in [0.29, 0.717) is 23.1 Å². The Balaban J connectivity index is 1.26. The number of hydrogen-bond donors (Lipinski definition) is 2. The Labute approximate surface area is 192 Å². The number of nitrogens with one attached hydrogen (secondary N) is 2. The van der Waals surface area contributed by atoms with Gasteiger partial charge in [0.1, 0.15) is 10.0 Å². The van der Waals surface area contributed by atoms with Crippen LogP contribution >= 0.6 is 22.7 Å². The molecule has 0 radical (unpaired) electrons. The first-order valence-corrected chi connectivity index (χ1v) is 11.5. The van der Waals surface area contributed by atoms with Gasteiger partial charge in [-0.05, 0) is 12.5 Å². The van der Waals surface area contributed by atoms with Crippen molar-refractivity contribution >= 4 is 39.6 Å². The molecule has 8 nitrogen and oxygen atoms in total. The molecule has 162 valence electrons. The number of carbonyl (C=O) groups excluding carboxylic acids is 2. The molecule has 10 heteroatoms. The van der Waals surface area contributed by atoms with Gasteiger partial charge in [0.2, 0.25) is 16.0 Å². The summed E-state index contributed by atoms with van der Waals surface area (Å²) < 4.78 is 0. The van der Waals surface area contributed by atoms with E-state index in [1.807, 2.05) is 61.5 Å². The van der Waals surface area contributed by atoms with E-state index in [0.717, 1.165) is 27.5 Å². The highest BCUT2D eigenvalue weighted by molar-refractivity contribution is 7.18. The van der Waals surface area contributed by atoms with Crippen molar-refractivity contribution in [2.45, 2.75) is 26.3 Å². The Hall–Kier alpha value is -3.50. The quantitative estimate of drug-likeness (QED) is 0.410. The van der Waals surface area contributed by atoms with Crippen molar-refractivity contribution in [2.24, 2.45) is 0 Å². The molecule has 4 aromatic rings. The van der Waals surface area contributed by atoms with Gasteiger partial charge < -0.3 is 5.32 Å². The average Bonchev–Trinajstić information content (AvgIpc) is 3.48. The molecule has 0 fully saturated rings. The van der Waals surface area contributed by atoms with Crippen LogP contribution in [-0.4, -0.2) is 32.2 Å². The number of anilines is 1. The molecule has 0 aliphatic carbocycles. The van der Waals surface area contributed by atoms with Gasteiger partial charge in [0.05, 0.1) is 0 Å². The first kappa shape index (κ1) is 21.7. The molecule has 0 saturated carbocycles. The number of benzene rings is 2. The molecule has 0 atom stereocenters. The molecule has 0 saturated heterocycles. The van der Waals surface area contributed by atoms with Gasteiger partial charge in [0.25, 0.3) is 5.91 Å². The fourth-order valence-electron chi connectivity index (χ4n) is 2.78. The number of carbonyl (C=O) groups is 2. The summed E-state index contributed by atoms with van der Waals surface area (Å²) in [7, 11) is 0. The molecule has 0 bridgehead atoms. The highest BCUT2D eigenvalue weighted by Gasteiger charge is 2.16. The summed E-state index contributed by atoms with van der Waals surface area (Å²) in [6.07, 6.45) is 0.695. The van der Waals surface area contributed by atoms with Crippen LogP contribution in [0.25, 0.3) is 10.6 Å². The van der Waals surface area contributed by atoms with Gasteiger partial charge in [-0.3, -0.25) is 14.9 Å². The van der Waals surface area contributed by atoms with Crippen molar-refractivity contribution in [3.8, 4) is 10.6 Å². The standard InChI is InChI=1S/C22H20N6O2S2/c1-14-7-9-15(10-8-14)13-23-17(29)11-12-18-25-27-21(31-18)19(30)24-22-28-26-20(32-22)16-5-3-2-4-6-16/h2-10H,11-13H2,1H3,(H,23,29)(H,24,28,30). The normalized spacial score (nSPS) is 10.7. The summed E-state index contributed by atoms with van der Waals surface area (Å²) in [4.78, 5) is 24.6. The van der Waals surface area contributed by atoms with Crippen LogP contribution in [0.1, 0.15) is 32.4 Å². The average molecular weight is 465 g/mol. The van der Waals surface area contributed by atoms with Crippen molar-refractivity contribution < 1.29 is 9.59 Å². The van der Waals surface area contributed by atoms with Crippen LogP contribution in [0.3, 0.4) is 0 Å². The molecule has 0 aliphatic rings. The van der Waals surface area contributed by atoms with Gasteiger partial charge in [-0.25, -0.2) is 0 Å². The molecule has 0 spiro atoms. The highest BCUT2D eigenvalue weighted by atomic mass is 32.1. The van der Waals surface area contributed by atoms with Crippen molar-refractivity contribution in [1.29, 1.82) is 0 Å². The number of rotatable bonds is 8. The number of nitrogens with zero attached hydrogens (tertiary/aromatic N) is 4. The third kappa shape index (κ3) is 5.80. The minimum atomic E-state index is -0.395. The Morgan fingerprint density at radius 1 is 0.906 bits per heavy atom. The summed E-state index contributed by atoms with van der Waals surface area (Å²) in [6.45, 7) is 2.50. The first-order valence-electron chi connectivity index (χ1n) is 9.92. The molecule has 32 heavy (non-hydrogen) atoms. The zero-order valence-corrected chi connectivity index (χ0v) is 18.9. The van der Waals surface area contributed by atoms with Crippen LogP contribution in [0.5, 0.6) is 0 Å². The maximum atomic E-state index is 12.5. The molecule has 4 rings (SSSR count). The Kier molecular flexibility index (Phi) is 6.93. The molecule has 0 aliphatic heterocycles. The Morgan fingerprint density at radius 3 is 2.47 bits per heavy atom. The van der Waals surface area contributed by atoms with Crippen LogP contribution in [0.4, 0.5) is 5.13 Å². The van der Waals surface area contributed by atoms with Crippen LogP contribution in [0.2, 0.25) is 0 Å². The molecular formula is C22H20N6O2S2. The van der Waals surface area contributed by atoms with E-state index in [1.54, 1.807) is 0 Å². The maximum Gasteiger partial charge on any atom is 0.288 e. The van der Waals surface area contributed by atoms with E-state index < -0.39 is 5.91 Å². The summed E-state index contributed by atoms with van der Waals surface area (Å²) in [5.74, 6) is -0.470.